The molecule has 0 spiro atoms. The molecule has 10 aromatic carbocycles. The van der Waals surface area contributed by atoms with E-state index in [1.165, 1.54) is 54.8 Å². The van der Waals surface area contributed by atoms with Gasteiger partial charge in [0.15, 0.2) is 0 Å². The van der Waals surface area contributed by atoms with Crippen molar-refractivity contribution in [3.05, 3.63) is 243 Å². The Balaban J connectivity index is 1.09. The van der Waals surface area contributed by atoms with E-state index in [1.54, 1.807) is 0 Å². The van der Waals surface area contributed by atoms with Gasteiger partial charge in [0.2, 0.25) is 0 Å². The highest BCUT2D eigenvalue weighted by molar-refractivity contribution is 6.09. The van der Waals surface area contributed by atoms with Crippen molar-refractivity contribution in [2.24, 2.45) is 0 Å². The molecule has 0 N–H and O–H groups in total. The highest BCUT2D eigenvalue weighted by Gasteiger charge is 2.22. The molecule has 60 heavy (non-hydrogen) atoms. The summed E-state index contributed by atoms with van der Waals surface area (Å²) in [6.45, 7) is 0. The fourth-order valence-corrected chi connectivity index (χ4v) is 8.97. The predicted molar refractivity (Wildman–Crippen MR) is 255 cm³/mol. The Hall–Kier alpha value is -7.94. The van der Waals surface area contributed by atoms with Gasteiger partial charge in [0.05, 0.1) is 22.4 Å². The number of fused-ring (bicyclic) bond motifs is 4. The lowest BCUT2D eigenvalue weighted by atomic mass is 9.93. The smallest absolute Gasteiger partial charge is 0.0541 e. The van der Waals surface area contributed by atoms with Crippen molar-refractivity contribution in [3.63, 3.8) is 0 Å². The van der Waals surface area contributed by atoms with E-state index in [9.17, 15) is 0 Å². The topological polar surface area (TPSA) is 8.17 Å². The first kappa shape index (κ1) is 35.2. The molecule has 2 heteroatoms. The van der Waals surface area contributed by atoms with Gasteiger partial charge in [-0.05, 0) is 98.8 Å². The van der Waals surface area contributed by atoms with Gasteiger partial charge in [-0.3, -0.25) is 0 Å². The number of nitrogens with zero attached hydrogens (tertiary/aromatic N) is 2. The van der Waals surface area contributed by atoms with E-state index >= 15 is 0 Å². The fourth-order valence-electron chi connectivity index (χ4n) is 8.97. The van der Waals surface area contributed by atoms with E-state index in [0.29, 0.717) is 0 Å². The Morgan fingerprint density at radius 1 is 0.283 bits per heavy atom. The van der Waals surface area contributed by atoms with Crippen molar-refractivity contribution >= 4 is 49.6 Å². The molecule has 11 aromatic rings. The predicted octanol–water partition coefficient (Wildman–Crippen LogP) is 16.1. The zero-order valence-corrected chi connectivity index (χ0v) is 33.0. The number of hydrogen-bond donors (Lipinski definition) is 0. The zero-order valence-electron chi connectivity index (χ0n) is 33.0. The second-order valence-corrected chi connectivity index (χ2v) is 15.3. The van der Waals surface area contributed by atoms with Crippen molar-refractivity contribution in [3.8, 4) is 50.2 Å². The molecule has 0 saturated heterocycles. The molecule has 1 aromatic heterocycles. The molecule has 0 saturated carbocycles. The lowest BCUT2D eigenvalue weighted by Gasteiger charge is -2.30. The van der Waals surface area contributed by atoms with Crippen LogP contribution >= 0.6 is 0 Å². The van der Waals surface area contributed by atoms with Gasteiger partial charge in [0.25, 0.3) is 0 Å². The fraction of sp³-hybridized carbons (Fsp3) is 0. The van der Waals surface area contributed by atoms with E-state index in [4.69, 9.17) is 0 Å². The van der Waals surface area contributed by atoms with Crippen LogP contribution in [0.4, 0.5) is 17.1 Å². The zero-order chi connectivity index (χ0) is 39.8. The highest BCUT2D eigenvalue weighted by Crippen LogP contribution is 2.47. The summed E-state index contributed by atoms with van der Waals surface area (Å²) in [7, 11) is 0. The third-order valence-corrected chi connectivity index (χ3v) is 11.8. The summed E-state index contributed by atoms with van der Waals surface area (Å²) in [6.07, 6.45) is 0. The maximum Gasteiger partial charge on any atom is 0.0541 e. The Labute approximate surface area is 350 Å². The summed E-state index contributed by atoms with van der Waals surface area (Å²) in [5, 5.41) is 5.00. The molecule has 0 bridgehead atoms. The van der Waals surface area contributed by atoms with Gasteiger partial charge in [-0.15, -0.1) is 0 Å². The van der Waals surface area contributed by atoms with E-state index in [2.05, 4.69) is 252 Å². The van der Waals surface area contributed by atoms with Gasteiger partial charge in [-0.25, -0.2) is 0 Å². The van der Waals surface area contributed by atoms with E-state index in [-0.39, 0.29) is 0 Å². The minimum atomic E-state index is 1.08. The molecule has 0 amide bonds. The van der Waals surface area contributed by atoms with Gasteiger partial charge >= 0.3 is 0 Å². The average Bonchev–Trinajstić information content (AvgIpc) is 3.67. The van der Waals surface area contributed by atoms with Gasteiger partial charge < -0.3 is 9.47 Å². The molecule has 1 heterocycles. The number of anilines is 3. The van der Waals surface area contributed by atoms with Crippen LogP contribution < -0.4 is 4.90 Å². The molecular formula is C58H40N2. The minimum absolute atomic E-state index is 1.08. The van der Waals surface area contributed by atoms with Crippen LogP contribution in [0.25, 0.3) is 82.8 Å². The number of hydrogen-bond acceptors (Lipinski definition) is 1. The van der Waals surface area contributed by atoms with Crippen molar-refractivity contribution in [1.29, 1.82) is 0 Å². The lowest BCUT2D eigenvalue weighted by molar-refractivity contribution is 1.18. The summed E-state index contributed by atoms with van der Waals surface area (Å²) in [5.41, 5.74) is 16.2. The minimum Gasteiger partial charge on any atom is -0.309 e. The normalized spacial score (nSPS) is 11.3. The first-order valence-corrected chi connectivity index (χ1v) is 20.6. The molecule has 0 atom stereocenters. The number of para-hydroxylation sites is 3. The van der Waals surface area contributed by atoms with Crippen molar-refractivity contribution < 1.29 is 0 Å². The van der Waals surface area contributed by atoms with Crippen molar-refractivity contribution in [1.82, 2.24) is 4.57 Å². The first-order valence-electron chi connectivity index (χ1n) is 20.6. The van der Waals surface area contributed by atoms with Crippen molar-refractivity contribution in [2.45, 2.75) is 0 Å². The number of aromatic nitrogens is 1. The van der Waals surface area contributed by atoms with E-state index in [0.717, 1.165) is 45.0 Å². The molecule has 282 valence electrons. The van der Waals surface area contributed by atoms with Crippen LogP contribution in [0.5, 0.6) is 0 Å². The average molecular weight is 765 g/mol. The van der Waals surface area contributed by atoms with Gasteiger partial charge in [-0.2, -0.15) is 0 Å². The standard InChI is InChI=1S/C58H40N2/c1-3-16-41(17-4-1)42-30-35-47(36-31-42)59(58-39-34-46(40-54(58)44-18-5-2-6-19-44)50-26-15-21-43-20-7-8-22-49(43)50)55-27-12-9-23-51(55)45-32-37-48(38-33-45)60-56-28-13-10-24-52(56)53-25-11-14-29-57(53)60/h1-40H. The van der Waals surface area contributed by atoms with Gasteiger partial charge in [0, 0.05) is 33.3 Å². The third-order valence-electron chi connectivity index (χ3n) is 11.8. The highest BCUT2D eigenvalue weighted by atomic mass is 15.1. The van der Waals surface area contributed by atoms with E-state index in [1.807, 2.05) is 0 Å². The summed E-state index contributed by atoms with van der Waals surface area (Å²) < 4.78 is 2.38. The SMILES string of the molecule is c1ccc(-c2ccc(N(c3ccccc3-c3ccc(-n4c5ccccc5c5ccccc54)cc3)c3ccc(-c4cccc5ccccc45)cc3-c3ccccc3)cc2)cc1. The summed E-state index contributed by atoms with van der Waals surface area (Å²) >= 11 is 0. The summed E-state index contributed by atoms with van der Waals surface area (Å²) in [5.74, 6) is 0. The molecular weight excluding hydrogens is 725 g/mol. The second kappa shape index (κ2) is 15.1. The van der Waals surface area contributed by atoms with Gasteiger partial charge in [-0.1, -0.05) is 188 Å². The summed E-state index contributed by atoms with van der Waals surface area (Å²) in [6, 6.07) is 87.9. The Kier molecular flexibility index (Phi) is 8.87. The molecule has 0 aliphatic carbocycles. The monoisotopic (exact) mass is 764 g/mol. The van der Waals surface area contributed by atoms with Gasteiger partial charge in [0.1, 0.15) is 0 Å². The third kappa shape index (κ3) is 6.23. The maximum atomic E-state index is 2.44. The molecule has 0 radical (unpaired) electrons. The first-order chi connectivity index (χ1) is 29.8. The molecule has 0 aliphatic heterocycles. The Morgan fingerprint density at radius 3 is 1.48 bits per heavy atom. The molecule has 11 rings (SSSR count). The number of benzene rings is 10. The summed E-state index contributed by atoms with van der Waals surface area (Å²) in [4.78, 5) is 2.44. The van der Waals surface area contributed by atoms with Crippen LogP contribution in [-0.2, 0) is 0 Å². The molecule has 0 fully saturated rings. The largest absolute Gasteiger partial charge is 0.309 e. The number of rotatable bonds is 8. The molecule has 0 aliphatic rings. The van der Waals surface area contributed by atoms with Crippen LogP contribution in [0, 0.1) is 0 Å². The van der Waals surface area contributed by atoms with Crippen LogP contribution in [0.15, 0.2) is 243 Å². The van der Waals surface area contributed by atoms with Crippen LogP contribution in [0.2, 0.25) is 0 Å². The Morgan fingerprint density at radius 2 is 0.767 bits per heavy atom. The quantitative estimate of drug-likeness (QED) is 0.150. The molecule has 2 nitrogen and oxygen atoms in total. The lowest BCUT2D eigenvalue weighted by Crippen LogP contribution is -2.12. The van der Waals surface area contributed by atoms with Crippen LogP contribution in [-0.4, -0.2) is 4.57 Å². The van der Waals surface area contributed by atoms with E-state index < -0.39 is 0 Å². The maximum absolute atomic E-state index is 2.44. The molecule has 0 unspecified atom stereocenters. The van der Waals surface area contributed by atoms with Crippen LogP contribution in [0.1, 0.15) is 0 Å². The second-order valence-electron chi connectivity index (χ2n) is 15.3. The Bertz CT molecular complexity index is 3230. The van der Waals surface area contributed by atoms with Crippen LogP contribution in [0.3, 0.4) is 0 Å². The van der Waals surface area contributed by atoms with Crippen molar-refractivity contribution in [2.75, 3.05) is 4.90 Å².